The van der Waals surface area contributed by atoms with Gasteiger partial charge in [-0.2, -0.15) is 0 Å². The molecule has 1 saturated carbocycles. The van der Waals surface area contributed by atoms with Gasteiger partial charge in [0, 0.05) is 24.7 Å². The van der Waals surface area contributed by atoms with Crippen molar-refractivity contribution in [1.82, 2.24) is 10.2 Å². The maximum absolute atomic E-state index is 14.0. The normalized spacial score (nSPS) is 17.6. The number of rotatable bonds is 7. The molecule has 1 aromatic rings. The van der Waals surface area contributed by atoms with Crippen LogP contribution in [0.2, 0.25) is 0 Å². The van der Waals surface area contributed by atoms with E-state index in [9.17, 15) is 8.78 Å². The molecule has 118 valence electrons. The lowest BCUT2D eigenvalue weighted by molar-refractivity contribution is 0.248. The zero-order valence-corrected chi connectivity index (χ0v) is 13.0. The van der Waals surface area contributed by atoms with Crippen LogP contribution in [0.1, 0.15) is 44.2 Å². The van der Waals surface area contributed by atoms with E-state index in [1.54, 1.807) is 12.1 Å². The molecule has 0 aliphatic heterocycles. The first-order chi connectivity index (χ1) is 10.1. The Morgan fingerprint density at radius 2 is 2.00 bits per heavy atom. The van der Waals surface area contributed by atoms with Crippen LogP contribution >= 0.6 is 0 Å². The van der Waals surface area contributed by atoms with Crippen LogP contribution in [-0.2, 0) is 0 Å². The van der Waals surface area contributed by atoms with Crippen molar-refractivity contribution in [2.24, 2.45) is 5.92 Å². The molecular weight excluding hydrogens is 270 g/mol. The van der Waals surface area contributed by atoms with E-state index in [4.69, 9.17) is 0 Å². The zero-order chi connectivity index (χ0) is 15.2. The molecule has 2 nitrogen and oxygen atoms in total. The molecule has 1 aromatic carbocycles. The number of halogens is 2. The van der Waals surface area contributed by atoms with Crippen molar-refractivity contribution in [3.63, 3.8) is 0 Å². The van der Waals surface area contributed by atoms with Crippen LogP contribution < -0.4 is 5.32 Å². The van der Waals surface area contributed by atoms with Gasteiger partial charge in [-0.1, -0.05) is 31.9 Å². The second-order valence-corrected chi connectivity index (χ2v) is 6.13. The minimum absolute atomic E-state index is 0.169. The summed E-state index contributed by atoms with van der Waals surface area (Å²) >= 11 is 0. The van der Waals surface area contributed by atoms with E-state index in [2.05, 4.69) is 17.3 Å². The van der Waals surface area contributed by atoms with Gasteiger partial charge in [-0.25, -0.2) is 8.78 Å². The Bertz CT molecular complexity index is 444. The molecule has 1 fully saturated rings. The van der Waals surface area contributed by atoms with E-state index in [0.717, 1.165) is 19.0 Å². The highest BCUT2D eigenvalue weighted by atomic mass is 19.2. The van der Waals surface area contributed by atoms with Crippen molar-refractivity contribution >= 4 is 0 Å². The lowest BCUT2D eigenvalue weighted by atomic mass is 10.0. The molecule has 2 rings (SSSR count). The van der Waals surface area contributed by atoms with Crippen LogP contribution in [0.4, 0.5) is 8.78 Å². The summed E-state index contributed by atoms with van der Waals surface area (Å²) in [5.41, 5.74) is 0.426. The van der Waals surface area contributed by atoms with Crippen molar-refractivity contribution in [1.29, 1.82) is 0 Å². The van der Waals surface area contributed by atoms with Crippen molar-refractivity contribution in [2.75, 3.05) is 26.7 Å². The highest BCUT2D eigenvalue weighted by molar-refractivity contribution is 5.23. The fraction of sp³-hybridized carbons (Fsp3) is 0.647. The number of benzene rings is 1. The van der Waals surface area contributed by atoms with Crippen LogP contribution in [0.5, 0.6) is 0 Å². The Labute approximate surface area is 126 Å². The van der Waals surface area contributed by atoms with Gasteiger partial charge < -0.3 is 10.2 Å². The van der Waals surface area contributed by atoms with Gasteiger partial charge >= 0.3 is 0 Å². The van der Waals surface area contributed by atoms with Gasteiger partial charge in [-0.3, -0.25) is 0 Å². The van der Waals surface area contributed by atoms with E-state index in [1.807, 2.05) is 6.92 Å². The summed E-state index contributed by atoms with van der Waals surface area (Å²) < 4.78 is 27.4. The third kappa shape index (κ3) is 4.48. The van der Waals surface area contributed by atoms with Crippen LogP contribution in [0.25, 0.3) is 0 Å². The first-order valence-electron chi connectivity index (χ1n) is 7.97. The average Bonchev–Trinajstić information content (AvgIpc) is 2.94. The summed E-state index contributed by atoms with van der Waals surface area (Å²) in [5, 5.41) is 3.27. The molecule has 0 heterocycles. The highest BCUT2D eigenvalue weighted by Crippen LogP contribution is 2.26. The van der Waals surface area contributed by atoms with Crippen LogP contribution in [0.3, 0.4) is 0 Å². The molecule has 0 radical (unpaired) electrons. The molecule has 1 aliphatic rings. The summed E-state index contributed by atoms with van der Waals surface area (Å²) in [7, 11) is 2.07. The molecule has 0 saturated heterocycles. The first kappa shape index (κ1) is 16.4. The molecule has 0 aromatic heterocycles. The van der Waals surface area contributed by atoms with E-state index in [1.165, 1.54) is 31.7 Å². The molecular formula is C17H26F2N2. The number of nitrogens with zero attached hydrogens (tertiary/aromatic N) is 1. The Hall–Kier alpha value is -1.00. The maximum Gasteiger partial charge on any atom is 0.163 e. The molecule has 0 spiro atoms. The number of nitrogens with one attached hydrogen (secondary N) is 1. The van der Waals surface area contributed by atoms with Crippen molar-refractivity contribution in [3.05, 3.63) is 35.4 Å². The largest absolute Gasteiger partial charge is 0.309 e. The van der Waals surface area contributed by atoms with Crippen LogP contribution in [0, 0.1) is 17.6 Å². The van der Waals surface area contributed by atoms with Crippen molar-refractivity contribution in [3.8, 4) is 0 Å². The standard InChI is InChI=1S/C17H26F2N2/c1-3-20-16(14-9-6-10-15(18)17(14)19)12-21(2)11-13-7-4-5-8-13/h6,9-10,13,16,20H,3-5,7-8,11-12H2,1-2H3. The number of hydrogen-bond donors (Lipinski definition) is 1. The topological polar surface area (TPSA) is 15.3 Å². The van der Waals surface area contributed by atoms with Gasteiger partial charge in [0.15, 0.2) is 11.6 Å². The third-order valence-electron chi connectivity index (χ3n) is 4.35. The summed E-state index contributed by atoms with van der Waals surface area (Å²) in [6, 6.07) is 4.26. The summed E-state index contributed by atoms with van der Waals surface area (Å²) in [6.07, 6.45) is 5.25. The van der Waals surface area contributed by atoms with Crippen molar-refractivity contribution < 1.29 is 8.78 Å². The molecule has 21 heavy (non-hydrogen) atoms. The molecule has 1 unspecified atom stereocenters. The highest BCUT2D eigenvalue weighted by Gasteiger charge is 2.22. The quantitative estimate of drug-likeness (QED) is 0.824. The SMILES string of the molecule is CCNC(CN(C)CC1CCCC1)c1cccc(F)c1F. The van der Waals surface area contributed by atoms with Crippen molar-refractivity contribution in [2.45, 2.75) is 38.6 Å². The Kier molecular flexibility index (Phi) is 6.12. The third-order valence-corrected chi connectivity index (χ3v) is 4.35. The van der Waals surface area contributed by atoms with E-state index >= 15 is 0 Å². The van der Waals surface area contributed by atoms with Gasteiger partial charge in [-0.05, 0) is 38.4 Å². The second kappa shape index (κ2) is 7.85. The Balaban J connectivity index is 2.02. The molecule has 0 bridgehead atoms. The number of likely N-dealkylation sites (N-methyl/N-ethyl adjacent to an activating group) is 2. The van der Waals surface area contributed by atoms with E-state index in [0.29, 0.717) is 12.1 Å². The minimum Gasteiger partial charge on any atom is -0.309 e. The lowest BCUT2D eigenvalue weighted by Crippen LogP contribution is -2.35. The van der Waals surface area contributed by atoms with Crippen LogP contribution in [0.15, 0.2) is 18.2 Å². The fourth-order valence-electron chi connectivity index (χ4n) is 3.33. The molecule has 4 heteroatoms. The van der Waals surface area contributed by atoms with Gasteiger partial charge in [0.1, 0.15) is 0 Å². The Morgan fingerprint density at radius 1 is 1.29 bits per heavy atom. The number of hydrogen-bond acceptors (Lipinski definition) is 2. The van der Waals surface area contributed by atoms with E-state index in [-0.39, 0.29) is 6.04 Å². The monoisotopic (exact) mass is 296 g/mol. The predicted octanol–water partition coefficient (Wildman–Crippen LogP) is 3.74. The predicted molar refractivity (Wildman–Crippen MR) is 82.2 cm³/mol. The molecule has 1 atom stereocenters. The molecule has 1 aliphatic carbocycles. The maximum atomic E-state index is 14.0. The second-order valence-electron chi connectivity index (χ2n) is 6.13. The summed E-state index contributed by atoms with van der Waals surface area (Å²) in [5.74, 6) is -0.735. The fourth-order valence-corrected chi connectivity index (χ4v) is 3.33. The average molecular weight is 296 g/mol. The van der Waals surface area contributed by atoms with Gasteiger partial charge in [0.25, 0.3) is 0 Å². The van der Waals surface area contributed by atoms with E-state index < -0.39 is 11.6 Å². The lowest BCUT2D eigenvalue weighted by Gasteiger charge is -2.27. The zero-order valence-electron chi connectivity index (χ0n) is 13.0. The molecule has 0 amide bonds. The smallest absolute Gasteiger partial charge is 0.163 e. The van der Waals surface area contributed by atoms with Gasteiger partial charge in [0.2, 0.25) is 0 Å². The summed E-state index contributed by atoms with van der Waals surface area (Å²) in [6.45, 7) is 4.46. The van der Waals surface area contributed by atoms with Gasteiger partial charge in [0.05, 0.1) is 0 Å². The molecule has 1 N–H and O–H groups in total. The summed E-state index contributed by atoms with van der Waals surface area (Å²) in [4.78, 5) is 2.24. The van der Waals surface area contributed by atoms with Crippen LogP contribution in [-0.4, -0.2) is 31.6 Å². The minimum atomic E-state index is -0.770. The Morgan fingerprint density at radius 3 is 2.67 bits per heavy atom. The first-order valence-corrected chi connectivity index (χ1v) is 7.97. The van der Waals surface area contributed by atoms with Gasteiger partial charge in [-0.15, -0.1) is 0 Å².